The van der Waals surface area contributed by atoms with Crippen LogP contribution < -0.4 is 0 Å². The lowest BCUT2D eigenvalue weighted by molar-refractivity contribution is -0.144. The summed E-state index contributed by atoms with van der Waals surface area (Å²) in [7, 11) is -3.65. The van der Waals surface area contributed by atoms with Crippen LogP contribution in [-0.4, -0.2) is 31.9 Å². The Balaban J connectivity index is 4.06. The Bertz CT molecular complexity index is 216. The van der Waals surface area contributed by atoms with Crippen molar-refractivity contribution in [2.75, 3.05) is 6.26 Å². The number of carboxylic acid groups (broad SMARTS) is 1. The molecule has 1 atom stereocenters. The van der Waals surface area contributed by atoms with Gasteiger partial charge in [-0.25, -0.2) is 4.79 Å². The molecule has 0 saturated carbocycles. The number of hydrogen-bond donors (Lipinski definition) is 1. The summed E-state index contributed by atoms with van der Waals surface area (Å²) in [5.41, 5.74) is 0. The number of carboxylic acids is 1. The van der Waals surface area contributed by atoms with E-state index in [1.54, 1.807) is 0 Å². The normalized spacial score (nSPS) is 14.6. The average molecular weight is 168 g/mol. The van der Waals surface area contributed by atoms with E-state index in [2.05, 4.69) is 4.18 Å². The van der Waals surface area contributed by atoms with Gasteiger partial charge >= 0.3 is 5.97 Å². The Labute approximate surface area is 58.7 Å². The number of hydrogen-bond acceptors (Lipinski definition) is 4. The minimum Gasteiger partial charge on any atom is -0.479 e. The van der Waals surface area contributed by atoms with Gasteiger partial charge in [0.05, 0.1) is 6.26 Å². The van der Waals surface area contributed by atoms with Crippen molar-refractivity contribution >= 4 is 16.1 Å². The van der Waals surface area contributed by atoms with Crippen LogP contribution in [0.4, 0.5) is 0 Å². The lowest BCUT2D eigenvalue weighted by Gasteiger charge is -2.03. The van der Waals surface area contributed by atoms with Crippen molar-refractivity contribution in [3.8, 4) is 0 Å². The van der Waals surface area contributed by atoms with Crippen LogP contribution in [0.3, 0.4) is 0 Å². The molecule has 10 heavy (non-hydrogen) atoms. The molecule has 0 saturated heterocycles. The van der Waals surface area contributed by atoms with Crippen molar-refractivity contribution in [1.29, 1.82) is 0 Å². The van der Waals surface area contributed by atoms with Gasteiger partial charge in [0, 0.05) is 0 Å². The van der Waals surface area contributed by atoms with Gasteiger partial charge < -0.3 is 5.11 Å². The highest BCUT2D eigenvalue weighted by Crippen LogP contribution is 1.95. The first-order valence-corrected chi connectivity index (χ1v) is 4.25. The maximum atomic E-state index is 10.3. The van der Waals surface area contributed by atoms with Crippen LogP contribution in [0.2, 0.25) is 0 Å². The maximum absolute atomic E-state index is 10.3. The van der Waals surface area contributed by atoms with Crippen molar-refractivity contribution < 1.29 is 22.5 Å². The number of aliphatic carboxylic acids is 1. The minimum absolute atomic E-state index is 0.798. The monoisotopic (exact) mass is 168 g/mol. The van der Waals surface area contributed by atoms with E-state index >= 15 is 0 Å². The molecule has 0 spiro atoms. The van der Waals surface area contributed by atoms with Crippen molar-refractivity contribution in [1.82, 2.24) is 0 Å². The van der Waals surface area contributed by atoms with E-state index in [0.29, 0.717) is 0 Å². The van der Waals surface area contributed by atoms with Crippen LogP contribution >= 0.6 is 0 Å². The van der Waals surface area contributed by atoms with Crippen molar-refractivity contribution in [2.45, 2.75) is 13.0 Å². The summed E-state index contributed by atoms with van der Waals surface area (Å²) in [5.74, 6) is -1.30. The SMILES string of the molecule is C[C@@H](OS(C)(=O)=O)C(=O)O. The van der Waals surface area contributed by atoms with Gasteiger partial charge in [0.25, 0.3) is 10.1 Å². The van der Waals surface area contributed by atoms with Gasteiger partial charge in [-0.3, -0.25) is 4.18 Å². The van der Waals surface area contributed by atoms with Crippen molar-refractivity contribution in [3.63, 3.8) is 0 Å². The van der Waals surface area contributed by atoms with E-state index < -0.39 is 22.2 Å². The molecule has 60 valence electrons. The molecule has 6 heteroatoms. The molecule has 0 aromatic heterocycles. The summed E-state index contributed by atoms with van der Waals surface area (Å²) in [6, 6.07) is 0. The highest BCUT2D eigenvalue weighted by Gasteiger charge is 2.16. The predicted molar refractivity (Wildman–Crippen MR) is 33.0 cm³/mol. The lowest BCUT2D eigenvalue weighted by atomic mass is 10.4. The third kappa shape index (κ3) is 4.28. The highest BCUT2D eigenvalue weighted by atomic mass is 32.2. The second kappa shape index (κ2) is 2.98. The summed E-state index contributed by atoms with van der Waals surface area (Å²) < 4.78 is 24.6. The first kappa shape index (κ1) is 9.38. The molecule has 0 radical (unpaired) electrons. The molecule has 0 aromatic carbocycles. The van der Waals surface area contributed by atoms with Gasteiger partial charge in [-0.15, -0.1) is 0 Å². The maximum Gasteiger partial charge on any atom is 0.334 e. The topological polar surface area (TPSA) is 80.7 Å². The third-order valence-electron chi connectivity index (χ3n) is 0.667. The summed E-state index contributed by atoms with van der Waals surface area (Å²) in [6.45, 7) is 1.14. The predicted octanol–water partition coefficient (Wildman–Crippen LogP) is -0.564. The lowest BCUT2D eigenvalue weighted by Crippen LogP contribution is -2.22. The fraction of sp³-hybridized carbons (Fsp3) is 0.750. The van der Waals surface area contributed by atoms with Gasteiger partial charge in [-0.2, -0.15) is 8.42 Å². The quantitative estimate of drug-likeness (QED) is 0.571. The fourth-order valence-corrected chi connectivity index (χ4v) is 0.910. The molecule has 0 unspecified atom stereocenters. The van der Waals surface area contributed by atoms with E-state index in [4.69, 9.17) is 5.11 Å². The second-order valence-electron chi connectivity index (χ2n) is 1.78. The van der Waals surface area contributed by atoms with E-state index in [1.165, 1.54) is 0 Å². The summed E-state index contributed by atoms with van der Waals surface area (Å²) >= 11 is 0. The standard InChI is InChI=1S/C4H8O5S/c1-3(4(5)6)9-10(2,7)8/h3H,1-2H3,(H,5,6)/t3-/m1/s1. The molecular weight excluding hydrogens is 160 g/mol. The molecule has 1 N–H and O–H groups in total. The van der Waals surface area contributed by atoms with Crippen LogP contribution in [0.5, 0.6) is 0 Å². The van der Waals surface area contributed by atoms with E-state index in [9.17, 15) is 13.2 Å². The first-order chi connectivity index (χ1) is 4.33. The molecule has 0 aromatic rings. The smallest absolute Gasteiger partial charge is 0.334 e. The Morgan fingerprint density at radius 3 is 2.10 bits per heavy atom. The molecule has 0 heterocycles. The Morgan fingerprint density at radius 1 is 1.60 bits per heavy atom. The molecule has 0 aliphatic heterocycles. The molecule has 0 fully saturated rings. The van der Waals surface area contributed by atoms with E-state index in [0.717, 1.165) is 13.2 Å². The van der Waals surface area contributed by atoms with E-state index in [1.807, 2.05) is 0 Å². The van der Waals surface area contributed by atoms with Crippen LogP contribution in [0.1, 0.15) is 6.92 Å². The summed E-state index contributed by atoms with van der Waals surface area (Å²) in [5, 5.41) is 8.16. The van der Waals surface area contributed by atoms with E-state index in [-0.39, 0.29) is 0 Å². The van der Waals surface area contributed by atoms with Crippen LogP contribution in [0.25, 0.3) is 0 Å². The Kier molecular flexibility index (Phi) is 2.79. The van der Waals surface area contributed by atoms with Crippen LogP contribution in [0, 0.1) is 0 Å². The molecule has 5 nitrogen and oxygen atoms in total. The molecule has 0 bridgehead atoms. The number of rotatable bonds is 3. The first-order valence-electron chi connectivity index (χ1n) is 2.44. The Hall–Kier alpha value is -0.620. The van der Waals surface area contributed by atoms with Crippen LogP contribution in [0.15, 0.2) is 0 Å². The zero-order valence-corrected chi connectivity index (χ0v) is 6.38. The zero-order valence-electron chi connectivity index (χ0n) is 5.57. The van der Waals surface area contributed by atoms with Gasteiger partial charge in [0.2, 0.25) is 0 Å². The molecule has 0 aliphatic carbocycles. The molecular formula is C4H8O5S. The van der Waals surface area contributed by atoms with Gasteiger partial charge in [0.15, 0.2) is 6.10 Å². The average Bonchev–Trinajstić information content (AvgIpc) is 1.60. The third-order valence-corrected chi connectivity index (χ3v) is 1.31. The molecule has 0 rings (SSSR count). The van der Waals surface area contributed by atoms with Crippen molar-refractivity contribution in [2.24, 2.45) is 0 Å². The molecule has 0 amide bonds. The fourth-order valence-electron chi connectivity index (χ4n) is 0.303. The zero-order chi connectivity index (χ0) is 8.36. The summed E-state index contributed by atoms with van der Waals surface area (Å²) in [6.07, 6.45) is -0.512. The second-order valence-corrected chi connectivity index (χ2v) is 3.38. The van der Waals surface area contributed by atoms with Crippen molar-refractivity contribution in [3.05, 3.63) is 0 Å². The highest BCUT2D eigenvalue weighted by molar-refractivity contribution is 7.86. The van der Waals surface area contributed by atoms with Gasteiger partial charge in [0.1, 0.15) is 0 Å². The molecule has 0 aliphatic rings. The summed E-state index contributed by atoms with van der Waals surface area (Å²) in [4.78, 5) is 9.99. The van der Waals surface area contributed by atoms with Crippen LogP contribution in [-0.2, 0) is 19.1 Å². The van der Waals surface area contributed by atoms with Gasteiger partial charge in [-0.05, 0) is 6.92 Å². The number of carbonyl (C=O) groups is 1. The Morgan fingerprint density at radius 2 is 2.00 bits per heavy atom. The minimum atomic E-state index is -3.65. The largest absolute Gasteiger partial charge is 0.479 e. The van der Waals surface area contributed by atoms with Gasteiger partial charge in [-0.1, -0.05) is 0 Å².